The highest BCUT2D eigenvalue weighted by molar-refractivity contribution is 5.91. The Kier molecular flexibility index (Phi) is 4.65. The zero-order chi connectivity index (χ0) is 20.8. The lowest BCUT2D eigenvalue weighted by Gasteiger charge is -2.40. The van der Waals surface area contributed by atoms with Crippen molar-refractivity contribution in [3.63, 3.8) is 0 Å². The van der Waals surface area contributed by atoms with Gasteiger partial charge < -0.3 is 4.90 Å². The molecule has 0 radical (unpaired) electrons. The van der Waals surface area contributed by atoms with Gasteiger partial charge in [-0.25, -0.2) is 9.49 Å². The number of benzene rings is 2. The van der Waals surface area contributed by atoms with Gasteiger partial charge in [-0.15, -0.1) is 0 Å². The number of carbonyl (C=O) groups excluding carboxylic acids is 1. The molecule has 2 aliphatic heterocycles. The van der Waals surface area contributed by atoms with Crippen LogP contribution in [0.3, 0.4) is 0 Å². The summed E-state index contributed by atoms with van der Waals surface area (Å²) in [7, 11) is 0. The lowest BCUT2D eigenvalue weighted by atomic mass is 9.84. The molecule has 5 rings (SSSR count). The minimum atomic E-state index is -0.433. The highest BCUT2D eigenvalue weighted by Gasteiger charge is 2.45. The van der Waals surface area contributed by atoms with E-state index in [1.165, 1.54) is 12.1 Å². The smallest absolute Gasteiger partial charge is 0.272 e. The summed E-state index contributed by atoms with van der Waals surface area (Å²) in [5, 5.41) is 8.08. The number of fused-ring (bicyclic) bond motifs is 3. The van der Waals surface area contributed by atoms with E-state index in [0.29, 0.717) is 17.0 Å². The van der Waals surface area contributed by atoms with Crippen molar-refractivity contribution < 1.29 is 9.18 Å². The number of amides is 1. The number of piperidine rings is 1. The summed E-state index contributed by atoms with van der Waals surface area (Å²) in [4.78, 5) is 27.7. The summed E-state index contributed by atoms with van der Waals surface area (Å²) >= 11 is 0. The quantitative estimate of drug-likeness (QED) is 0.713. The number of nitrogens with zero attached hydrogens (tertiary/aromatic N) is 2. The third-order valence-corrected chi connectivity index (χ3v) is 6.84. The van der Waals surface area contributed by atoms with E-state index in [2.05, 4.69) is 15.1 Å². The Labute approximate surface area is 173 Å². The molecule has 154 valence electrons. The number of aromatic amines is 1. The summed E-state index contributed by atoms with van der Waals surface area (Å²) < 4.78 is 13.3. The third-order valence-electron chi connectivity index (χ3n) is 6.84. The minimum absolute atomic E-state index is 0.0739. The van der Waals surface area contributed by atoms with Crippen LogP contribution in [0.4, 0.5) is 4.39 Å². The fourth-order valence-corrected chi connectivity index (χ4v) is 5.35. The second-order valence-electron chi connectivity index (χ2n) is 8.56. The van der Waals surface area contributed by atoms with E-state index < -0.39 is 5.92 Å². The molecule has 0 saturated carbocycles. The van der Waals surface area contributed by atoms with Gasteiger partial charge in [0.15, 0.2) is 0 Å². The summed E-state index contributed by atoms with van der Waals surface area (Å²) in [6.45, 7) is 1.88. The molecular weight excluding hydrogens is 381 g/mol. The van der Waals surface area contributed by atoms with Gasteiger partial charge in [-0.1, -0.05) is 30.3 Å². The average molecular weight is 405 g/mol. The predicted molar refractivity (Wildman–Crippen MR) is 113 cm³/mol. The number of halogens is 1. The first-order chi connectivity index (χ1) is 14.5. The highest BCUT2D eigenvalue weighted by atomic mass is 19.1. The number of aromatic nitrogens is 2. The molecule has 1 amide bonds. The van der Waals surface area contributed by atoms with Crippen molar-refractivity contribution in [3.8, 4) is 0 Å². The number of H-pyrrole nitrogens is 1. The van der Waals surface area contributed by atoms with Crippen LogP contribution in [0.25, 0.3) is 10.8 Å². The van der Waals surface area contributed by atoms with Gasteiger partial charge in [-0.3, -0.25) is 9.59 Å². The van der Waals surface area contributed by atoms with Gasteiger partial charge in [0, 0.05) is 17.5 Å². The Morgan fingerprint density at radius 1 is 1.07 bits per heavy atom. The van der Waals surface area contributed by atoms with Crippen LogP contribution in [0, 0.1) is 5.82 Å². The van der Waals surface area contributed by atoms with Crippen LogP contribution < -0.4 is 5.56 Å². The van der Waals surface area contributed by atoms with E-state index in [4.69, 9.17) is 0 Å². The van der Waals surface area contributed by atoms with Crippen molar-refractivity contribution in [2.24, 2.45) is 0 Å². The van der Waals surface area contributed by atoms with Gasteiger partial charge in [-0.2, -0.15) is 5.10 Å². The molecule has 3 aromatic rings. The van der Waals surface area contributed by atoms with Crippen molar-refractivity contribution >= 4 is 16.7 Å². The maximum atomic E-state index is 13.5. The maximum absolute atomic E-state index is 13.5. The van der Waals surface area contributed by atoms with Crippen molar-refractivity contribution in [2.45, 2.75) is 56.5 Å². The summed E-state index contributed by atoms with van der Waals surface area (Å²) in [5.74, 6) is -0.222. The number of rotatable bonds is 3. The molecule has 6 heteroatoms. The molecule has 3 heterocycles. The first-order valence-electron chi connectivity index (χ1n) is 10.6. The van der Waals surface area contributed by atoms with E-state index >= 15 is 0 Å². The van der Waals surface area contributed by atoms with Gasteiger partial charge >= 0.3 is 0 Å². The van der Waals surface area contributed by atoms with E-state index in [1.54, 1.807) is 6.07 Å². The SMILES string of the molecule is C[C@@H](C(=O)N1[C@@H]2CC[C@@H]1CC(c1ccc(F)cc1)C2)c1n[nH]c(=O)c2ccccc12. The third kappa shape index (κ3) is 3.11. The lowest BCUT2D eigenvalue weighted by molar-refractivity contribution is -0.137. The van der Waals surface area contributed by atoms with Crippen LogP contribution in [0.5, 0.6) is 0 Å². The predicted octanol–water partition coefficient (Wildman–Crippen LogP) is 4.10. The fraction of sp³-hybridized carbons (Fsp3) is 0.375. The molecular formula is C24H24FN3O2. The van der Waals surface area contributed by atoms with Crippen LogP contribution in [-0.4, -0.2) is 33.1 Å². The van der Waals surface area contributed by atoms with Crippen molar-refractivity contribution in [2.75, 3.05) is 0 Å². The Morgan fingerprint density at radius 2 is 1.70 bits per heavy atom. The Balaban J connectivity index is 1.41. The monoisotopic (exact) mass is 405 g/mol. The van der Waals surface area contributed by atoms with Gasteiger partial charge in [0.05, 0.1) is 17.0 Å². The molecule has 0 aliphatic carbocycles. The first-order valence-corrected chi connectivity index (χ1v) is 10.6. The lowest BCUT2D eigenvalue weighted by Crippen LogP contribution is -2.47. The molecule has 5 nitrogen and oxygen atoms in total. The molecule has 2 bridgehead atoms. The number of hydrogen-bond acceptors (Lipinski definition) is 3. The molecule has 2 fully saturated rings. The van der Waals surface area contributed by atoms with Crippen LogP contribution in [-0.2, 0) is 4.79 Å². The van der Waals surface area contributed by atoms with Crippen molar-refractivity contribution in [3.05, 3.63) is 76.0 Å². The zero-order valence-electron chi connectivity index (χ0n) is 16.8. The summed E-state index contributed by atoms with van der Waals surface area (Å²) in [6, 6.07) is 14.5. The zero-order valence-corrected chi connectivity index (χ0v) is 16.8. The topological polar surface area (TPSA) is 66.1 Å². The second kappa shape index (κ2) is 7.35. The average Bonchev–Trinajstić information content (AvgIpc) is 3.03. The molecule has 30 heavy (non-hydrogen) atoms. The molecule has 2 aromatic carbocycles. The minimum Gasteiger partial charge on any atom is -0.336 e. The Hall–Kier alpha value is -3.02. The van der Waals surface area contributed by atoms with E-state index in [-0.39, 0.29) is 29.4 Å². The van der Waals surface area contributed by atoms with Gasteiger partial charge in [0.1, 0.15) is 5.82 Å². The number of carbonyl (C=O) groups is 1. The van der Waals surface area contributed by atoms with E-state index in [0.717, 1.165) is 36.6 Å². The van der Waals surface area contributed by atoms with Gasteiger partial charge in [0.25, 0.3) is 5.56 Å². The number of hydrogen-bond donors (Lipinski definition) is 1. The largest absolute Gasteiger partial charge is 0.336 e. The van der Waals surface area contributed by atoms with Crippen LogP contribution in [0.2, 0.25) is 0 Å². The molecule has 0 unspecified atom stereocenters. The summed E-state index contributed by atoms with van der Waals surface area (Å²) in [5.41, 5.74) is 1.53. The molecule has 1 aromatic heterocycles. The summed E-state index contributed by atoms with van der Waals surface area (Å²) in [6.07, 6.45) is 3.81. The van der Waals surface area contributed by atoms with Crippen LogP contribution in [0.1, 0.15) is 55.7 Å². The van der Waals surface area contributed by atoms with Crippen molar-refractivity contribution in [1.82, 2.24) is 15.1 Å². The molecule has 3 atom stereocenters. The first kappa shape index (κ1) is 19.0. The van der Waals surface area contributed by atoms with Crippen LogP contribution in [0.15, 0.2) is 53.3 Å². The maximum Gasteiger partial charge on any atom is 0.272 e. The molecule has 2 saturated heterocycles. The van der Waals surface area contributed by atoms with E-state index in [1.807, 2.05) is 37.3 Å². The van der Waals surface area contributed by atoms with Gasteiger partial charge in [0.2, 0.25) is 5.91 Å². The van der Waals surface area contributed by atoms with Crippen molar-refractivity contribution in [1.29, 1.82) is 0 Å². The molecule has 1 N–H and O–H groups in total. The fourth-order valence-electron chi connectivity index (χ4n) is 5.35. The van der Waals surface area contributed by atoms with Gasteiger partial charge in [-0.05, 0) is 62.3 Å². The molecule has 2 aliphatic rings. The second-order valence-corrected chi connectivity index (χ2v) is 8.56. The number of nitrogens with one attached hydrogen (secondary N) is 1. The highest BCUT2D eigenvalue weighted by Crippen LogP contribution is 2.44. The normalized spacial score (nSPS) is 24.2. The Morgan fingerprint density at radius 3 is 2.37 bits per heavy atom. The van der Waals surface area contributed by atoms with Crippen LogP contribution >= 0.6 is 0 Å². The van der Waals surface area contributed by atoms with E-state index in [9.17, 15) is 14.0 Å². The standard InChI is InChI=1S/C24H24FN3O2/c1-14(22-20-4-2-3-5-21(20)23(29)27-26-22)24(30)28-18-10-11-19(28)13-16(12-18)15-6-8-17(25)9-7-15/h2-9,14,16,18-19H,10-13H2,1H3,(H,27,29)/t14-,18-,19-/m1/s1. The Bertz CT molecular complexity index is 1140. The molecule has 0 spiro atoms.